The third-order valence-electron chi connectivity index (χ3n) is 3.39. The highest BCUT2D eigenvalue weighted by Crippen LogP contribution is 2.23. The van der Waals surface area contributed by atoms with Gasteiger partial charge in [0, 0.05) is 13.1 Å². The number of piperidine rings is 1. The summed E-state index contributed by atoms with van der Waals surface area (Å²) in [6.07, 6.45) is 2.87. The maximum Gasteiger partial charge on any atom is 0.326 e. The number of ether oxygens (including phenoxy) is 1. The van der Waals surface area contributed by atoms with Gasteiger partial charge in [-0.3, -0.25) is 4.79 Å². The number of hydrogen-bond donors (Lipinski definition) is 1. The summed E-state index contributed by atoms with van der Waals surface area (Å²) in [4.78, 5) is 14.3. The van der Waals surface area contributed by atoms with E-state index < -0.39 is 5.54 Å². The van der Waals surface area contributed by atoms with E-state index in [9.17, 15) is 4.79 Å². The Morgan fingerprint density at radius 1 is 1.38 bits per heavy atom. The highest BCUT2D eigenvalue weighted by Gasteiger charge is 2.41. The fourth-order valence-corrected chi connectivity index (χ4v) is 2.30. The third kappa shape index (κ3) is 2.95. The van der Waals surface area contributed by atoms with Crippen LogP contribution < -0.4 is 5.32 Å². The zero-order valence-electron chi connectivity index (χ0n) is 10.7. The normalized spacial score (nSPS) is 20.7. The molecule has 0 saturated carbocycles. The number of carbonyl (C=O) groups excluding carboxylic acids is 1. The molecule has 0 unspecified atom stereocenters. The SMILES string of the molecule is CCCN1CCC(NC)(C(=O)OCC)CC1. The van der Waals surface area contributed by atoms with Gasteiger partial charge < -0.3 is 15.0 Å². The first-order chi connectivity index (χ1) is 7.68. The van der Waals surface area contributed by atoms with Gasteiger partial charge in [-0.15, -0.1) is 0 Å². The van der Waals surface area contributed by atoms with E-state index >= 15 is 0 Å². The van der Waals surface area contributed by atoms with E-state index in [2.05, 4.69) is 17.1 Å². The van der Waals surface area contributed by atoms with Crippen molar-refractivity contribution >= 4 is 5.97 Å². The minimum atomic E-state index is -0.444. The molecule has 1 aliphatic heterocycles. The average Bonchev–Trinajstić information content (AvgIpc) is 2.31. The van der Waals surface area contributed by atoms with E-state index in [4.69, 9.17) is 4.74 Å². The van der Waals surface area contributed by atoms with Crippen LogP contribution in [0.3, 0.4) is 0 Å². The summed E-state index contributed by atoms with van der Waals surface area (Å²) in [5.74, 6) is -0.0892. The second kappa shape index (κ2) is 6.21. The quantitative estimate of drug-likeness (QED) is 0.713. The van der Waals surface area contributed by atoms with Gasteiger partial charge in [0.15, 0.2) is 0 Å². The van der Waals surface area contributed by atoms with E-state index in [0.717, 1.165) is 32.5 Å². The molecule has 1 heterocycles. The zero-order valence-corrected chi connectivity index (χ0v) is 10.7. The van der Waals surface area contributed by atoms with Crippen LogP contribution in [0.5, 0.6) is 0 Å². The van der Waals surface area contributed by atoms with Crippen molar-refractivity contribution in [3.63, 3.8) is 0 Å². The lowest BCUT2D eigenvalue weighted by Gasteiger charge is -2.39. The number of esters is 1. The molecule has 4 nitrogen and oxygen atoms in total. The molecule has 1 aliphatic rings. The second-order valence-corrected chi connectivity index (χ2v) is 4.39. The van der Waals surface area contributed by atoms with Crippen LogP contribution in [0.2, 0.25) is 0 Å². The summed E-state index contributed by atoms with van der Waals surface area (Å²) in [6.45, 7) is 7.59. The Kier molecular flexibility index (Phi) is 5.22. The standard InChI is InChI=1S/C12H24N2O2/c1-4-8-14-9-6-12(13-3,7-10-14)11(15)16-5-2/h13H,4-10H2,1-3H3. The van der Waals surface area contributed by atoms with Gasteiger partial charge in [-0.05, 0) is 39.8 Å². The molecule has 1 fully saturated rings. The summed E-state index contributed by atoms with van der Waals surface area (Å²) < 4.78 is 5.15. The van der Waals surface area contributed by atoms with Crippen LogP contribution in [-0.4, -0.2) is 49.7 Å². The third-order valence-corrected chi connectivity index (χ3v) is 3.39. The predicted octanol–water partition coefficient (Wildman–Crippen LogP) is 1.01. The van der Waals surface area contributed by atoms with Crippen molar-refractivity contribution < 1.29 is 9.53 Å². The second-order valence-electron chi connectivity index (χ2n) is 4.39. The van der Waals surface area contributed by atoms with Crippen molar-refractivity contribution in [1.29, 1.82) is 0 Å². The monoisotopic (exact) mass is 228 g/mol. The summed E-state index contributed by atoms with van der Waals surface area (Å²) in [7, 11) is 1.85. The molecule has 0 atom stereocenters. The molecule has 1 N–H and O–H groups in total. The van der Waals surface area contributed by atoms with Gasteiger partial charge >= 0.3 is 5.97 Å². The van der Waals surface area contributed by atoms with Crippen molar-refractivity contribution in [3.05, 3.63) is 0 Å². The molecular formula is C12H24N2O2. The van der Waals surface area contributed by atoms with E-state index in [1.807, 2.05) is 14.0 Å². The lowest BCUT2D eigenvalue weighted by Crippen LogP contribution is -2.57. The van der Waals surface area contributed by atoms with E-state index in [0.29, 0.717) is 6.61 Å². The van der Waals surface area contributed by atoms with Crippen molar-refractivity contribution in [2.45, 2.75) is 38.6 Å². The Morgan fingerprint density at radius 2 is 2.00 bits per heavy atom. The van der Waals surface area contributed by atoms with Crippen LogP contribution in [0.25, 0.3) is 0 Å². The molecule has 0 aliphatic carbocycles. The number of nitrogens with one attached hydrogen (secondary N) is 1. The topological polar surface area (TPSA) is 41.6 Å². The van der Waals surface area contributed by atoms with Crippen molar-refractivity contribution in [1.82, 2.24) is 10.2 Å². The first-order valence-corrected chi connectivity index (χ1v) is 6.27. The Balaban J connectivity index is 2.54. The van der Waals surface area contributed by atoms with Gasteiger partial charge in [-0.1, -0.05) is 6.92 Å². The van der Waals surface area contributed by atoms with Crippen LogP contribution in [0, 0.1) is 0 Å². The Labute approximate surface area is 98.3 Å². The van der Waals surface area contributed by atoms with E-state index in [1.165, 1.54) is 6.42 Å². The molecule has 0 bridgehead atoms. The lowest BCUT2D eigenvalue weighted by atomic mass is 9.87. The number of nitrogens with zero attached hydrogens (tertiary/aromatic N) is 1. The lowest BCUT2D eigenvalue weighted by molar-refractivity contribution is -0.153. The van der Waals surface area contributed by atoms with Crippen molar-refractivity contribution in [3.8, 4) is 0 Å². The molecule has 0 spiro atoms. The number of carbonyl (C=O) groups is 1. The summed E-state index contributed by atoms with van der Waals surface area (Å²) >= 11 is 0. The number of rotatable bonds is 5. The molecule has 0 radical (unpaired) electrons. The summed E-state index contributed by atoms with van der Waals surface area (Å²) in [5, 5.41) is 3.16. The van der Waals surface area contributed by atoms with Crippen molar-refractivity contribution in [2.24, 2.45) is 0 Å². The minimum Gasteiger partial charge on any atom is -0.465 e. The summed E-state index contributed by atoms with van der Waals surface area (Å²) in [5.41, 5.74) is -0.444. The number of likely N-dealkylation sites (tertiary alicyclic amines) is 1. The van der Waals surface area contributed by atoms with E-state index in [1.54, 1.807) is 0 Å². The molecule has 16 heavy (non-hydrogen) atoms. The van der Waals surface area contributed by atoms with Gasteiger partial charge in [-0.2, -0.15) is 0 Å². The van der Waals surface area contributed by atoms with Gasteiger partial charge in [0.1, 0.15) is 5.54 Å². The largest absolute Gasteiger partial charge is 0.465 e. The highest BCUT2D eigenvalue weighted by molar-refractivity contribution is 5.81. The maximum absolute atomic E-state index is 11.9. The highest BCUT2D eigenvalue weighted by atomic mass is 16.5. The Bertz CT molecular complexity index is 223. The zero-order chi connectivity index (χ0) is 12.0. The van der Waals surface area contributed by atoms with Gasteiger partial charge in [0.05, 0.1) is 6.61 Å². The fourth-order valence-electron chi connectivity index (χ4n) is 2.30. The minimum absolute atomic E-state index is 0.0892. The van der Waals surface area contributed by atoms with Crippen LogP contribution >= 0.6 is 0 Å². The Hall–Kier alpha value is -0.610. The Morgan fingerprint density at radius 3 is 2.44 bits per heavy atom. The van der Waals surface area contributed by atoms with Gasteiger partial charge in [-0.25, -0.2) is 0 Å². The maximum atomic E-state index is 11.9. The molecule has 0 aromatic heterocycles. The van der Waals surface area contributed by atoms with Crippen LogP contribution in [0.15, 0.2) is 0 Å². The van der Waals surface area contributed by atoms with Gasteiger partial charge in [0.25, 0.3) is 0 Å². The van der Waals surface area contributed by atoms with Crippen LogP contribution in [0.4, 0.5) is 0 Å². The smallest absolute Gasteiger partial charge is 0.326 e. The fraction of sp³-hybridized carbons (Fsp3) is 0.917. The first-order valence-electron chi connectivity index (χ1n) is 6.27. The molecular weight excluding hydrogens is 204 g/mol. The predicted molar refractivity (Wildman–Crippen MR) is 64.4 cm³/mol. The molecule has 0 aromatic rings. The van der Waals surface area contributed by atoms with E-state index in [-0.39, 0.29) is 5.97 Å². The molecule has 0 amide bonds. The molecule has 4 heteroatoms. The van der Waals surface area contributed by atoms with Crippen LogP contribution in [0.1, 0.15) is 33.1 Å². The average molecular weight is 228 g/mol. The van der Waals surface area contributed by atoms with Gasteiger partial charge in [0.2, 0.25) is 0 Å². The molecule has 1 rings (SSSR count). The number of likely N-dealkylation sites (N-methyl/N-ethyl adjacent to an activating group) is 1. The summed E-state index contributed by atoms with van der Waals surface area (Å²) in [6, 6.07) is 0. The first kappa shape index (κ1) is 13.5. The molecule has 94 valence electrons. The number of hydrogen-bond acceptors (Lipinski definition) is 4. The van der Waals surface area contributed by atoms with Crippen LogP contribution in [-0.2, 0) is 9.53 Å². The van der Waals surface area contributed by atoms with Crippen molar-refractivity contribution in [2.75, 3.05) is 33.3 Å². The molecule has 1 saturated heterocycles. The molecule has 0 aromatic carbocycles.